The van der Waals surface area contributed by atoms with Crippen molar-refractivity contribution < 1.29 is 14.1 Å². The third-order valence-electron chi connectivity index (χ3n) is 5.67. The van der Waals surface area contributed by atoms with Crippen molar-refractivity contribution in [2.24, 2.45) is 0 Å². The molecule has 2 heterocycles. The van der Waals surface area contributed by atoms with Gasteiger partial charge in [0.25, 0.3) is 0 Å². The summed E-state index contributed by atoms with van der Waals surface area (Å²) in [6.07, 6.45) is 1.05. The molecule has 0 saturated carbocycles. The number of hydrogen-bond acceptors (Lipinski definition) is 5. The number of nitrogens with zero attached hydrogens (tertiary/aromatic N) is 1. The first-order chi connectivity index (χ1) is 15.1. The Morgan fingerprint density at radius 3 is 2.65 bits per heavy atom. The number of thiol groups is 1. The zero-order chi connectivity index (χ0) is 21.6. The van der Waals surface area contributed by atoms with Gasteiger partial charge in [-0.25, -0.2) is 8.51 Å². The van der Waals surface area contributed by atoms with Gasteiger partial charge in [-0.1, -0.05) is 36.4 Å². The minimum absolute atomic E-state index is 0.0772. The van der Waals surface area contributed by atoms with Crippen molar-refractivity contribution in [3.8, 4) is 5.75 Å². The lowest BCUT2D eigenvalue weighted by Gasteiger charge is -2.29. The largest absolute Gasteiger partial charge is 0.487 e. The fourth-order valence-electron chi connectivity index (χ4n) is 3.93. The SMILES string of the molecule is O=[SH]N1CCC(NC[C@H](O)c2ccc(OCc3ccccc3)c3[nH]c(=O)ccc23)CC1. The quantitative estimate of drug-likeness (QED) is 0.402. The van der Waals surface area contributed by atoms with Crippen LogP contribution in [0.5, 0.6) is 5.75 Å². The van der Waals surface area contributed by atoms with Crippen molar-refractivity contribution in [1.82, 2.24) is 14.6 Å². The zero-order valence-corrected chi connectivity index (χ0v) is 18.1. The van der Waals surface area contributed by atoms with E-state index in [-0.39, 0.29) is 23.5 Å². The number of pyridine rings is 1. The molecule has 1 fully saturated rings. The highest BCUT2D eigenvalue weighted by Gasteiger charge is 2.20. The molecule has 3 N–H and O–H groups in total. The average Bonchev–Trinajstić information content (AvgIpc) is 2.82. The minimum Gasteiger partial charge on any atom is -0.487 e. The molecular weight excluding hydrogens is 414 g/mol. The number of aromatic amines is 1. The van der Waals surface area contributed by atoms with Crippen LogP contribution in [0.2, 0.25) is 0 Å². The molecule has 1 aliphatic heterocycles. The van der Waals surface area contributed by atoms with Gasteiger partial charge in [0.1, 0.15) is 12.4 Å². The molecule has 164 valence electrons. The van der Waals surface area contributed by atoms with Crippen LogP contribution in [0.3, 0.4) is 0 Å². The Kier molecular flexibility index (Phi) is 7.14. The number of benzene rings is 2. The Hall–Kier alpha value is -2.52. The smallest absolute Gasteiger partial charge is 0.248 e. The third-order valence-corrected chi connectivity index (χ3v) is 6.30. The first-order valence-corrected chi connectivity index (χ1v) is 11.2. The lowest BCUT2D eigenvalue weighted by Crippen LogP contribution is -2.42. The Morgan fingerprint density at radius 1 is 1.13 bits per heavy atom. The minimum atomic E-state index is -0.729. The monoisotopic (exact) mass is 441 g/mol. The molecule has 0 aliphatic carbocycles. The van der Waals surface area contributed by atoms with Crippen LogP contribution in [-0.4, -0.2) is 44.3 Å². The summed E-state index contributed by atoms with van der Waals surface area (Å²) in [5.41, 5.74) is 2.14. The molecule has 1 aliphatic rings. The molecule has 0 bridgehead atoms. The van der Waals surface area contributed by atoms with Crippen LogP contribution >= 0.6 is 0 Å². The van der Waals surface area contributed by atoms with E-state index in [2.05, 4.69) is 10.3 Å². The van der Waals surface area contributed by atoms with Gasteiger partial charge in [0.15, 0.2) is 0 Å². The summed E-state index contributed by atoms with van der Waals surface area (Å²) in [4.78, 5) is 14.8. The highest BCUT2D eigenvalue weighted by Crippen LogP contribution is 2.30. The number of rotatable bonds is 8. The number of hydrogen-bond donors (Lipinski definition) is 4. The van der Waals surface area contributed by atoms with Gasteiger partial charge in [-0.3, -0.25) is 4.79 Å². The number of ether oxygens (including phenoxy) is 1. The van der Waals surface area contributed by atoms with Gasteiger partial charge >= 0.3 is 0 Å². The van der Waals surface area contributed by atoms with Gasteiger partial charge in [-0.05, 0) is 36.1 Å². The Balaban J connectivity index is 1.49. The van der Waals surface area contributed by atoms with E-state index in [9.17, 15) is 14.1 Å². The van der Waals surface area contributed by atoms with E-state index in [0.717, 1.165) is 42.4 Å². The second-order valence-electron chi connectivity index (χ2n) is 7.77. The predicted octanol–water partition coefficient (Wildman–Crippen LogP) is 2.05. The van der Waals surface area contributed by atoms with Crippen LogP contribution in [0.25, 0.3) is 10.9 Å². The van der Waals surface area contributed by atoms with Gasteiger partial charge in [-0.2, -0.15) is 0 Å². The number of fused-ring (bicyclic) bond motifs is 1. The van der Waals surface area contributed by atoms with Crippen LogP contribution in [0, 0.1) is 0 Å². The van der Waals surface area contributed by atoms with Crippen LogP contribution < -0.4 is 15.6 Å². The van der Waals surface area contributed by atoms with Gasteiger partial charge < -0.3 is 20.1 Å². The predicted molar refractivity (Wildman–Crippen MR) is 122 cm³/mol. The molecule has 0 amide bonds. The standard InChI is InChI=1S/C23H27N3O4S/c27-20(14-24-17-10-12-26(31-29)13-11-17)18-6-8-21(23-19(18)7-9-22(28)25-23)30-15-16-4-2-1-3-5-16/h1-9,17,20,24,27,31H,10-15H2,(H,25,28)/t20-/m0/s1. The topological polar surface area (TPSA) is 94.7 Å². The average molecular weight is 442 g/mol. The summed E-state index contributed by atoms with van der Waals surface area (Å²) in [6.45, 7) is 2.34. The van der Waals surface area contributed by atoms with Crippen LogP contribution in [0.1, 0.15) is 30.1 Å². The van der Waals surface area contributed by atoms with Crippen molar-refractivity contribution in [1.29, 1.82) is 0 Å². The zero-order valence-electron chi connectivity index (χ0n) is 17.2. The molecule has 1 atom stereocenters. The Bertz CT molecular complexity index is 1080. The van der Waals surface area contributed by atoms with Gasteiger partial charge in [0.05, 0.1) is 23.5 Å². The molecule has 0 unspecified atom stereocenters. The van der Waals surface area contributed by atoms with Crippen LogP contribution in [0.15, 0.2) is 59.4 Å². The Labute approximate surface area is 184 Å². The lowest BCUT2D eigenvalue weighted by molar-refractivity contribution is 0.164. The maximum Gasteiger partial charge on any atom is 0.248 e. The molecule has 3 aromatic rings. The van der Waals surface area contributed by atoms with Crippen molar-refractivity contribution in [2.45, 2.75) is 31.6 Å². The summed E-state index contributed by atoms with van der Waals surface area (Å²) in [6, 6.07) is 17.0. The number of aliphatic hydroxyl groups is 1. The number of H-pyrrole nitrogens is 1. The molecule has 31 heavy (non-hydrogen) atoms. The van der Waals surface area contributed by atoms with Crippen molar-refractivity contribution >= 4 is 22.8 Å². The third kappa shape index (κ3) is 5.40. The van der Waals surface area contributed by atoms with Crippen molar-refractivity contribution in [3.05, 3.63) is 76.1 Å². The molecular formula is C23H27N3O4S. The van der Waals surface area contributed by atoms with Crippen molar-refractivity contribution in [2.75, 3.05) is 19.6 Å². The molecule has 2 aromatic carbocycles. The maximum absolute atomic E-state index is 12.0. The summed E-state index contributed by atoms with van der Waals surface area (Å²) in [7, 11) is 0. The lowest BCUT2D eigenvalue weighted by atomic mass is 10.0. The number of aliphatic hydroxyl groups excluding tert-OH is 1. The van der Waals surface area contributed by atoms with E-state index in [0.29, 0.717) is 24.4 Å². The first kappa shape index (κ1) is 21.7. The summed E-state index contributed by atoms with van der Waals surface area (Å²) >= 11 is 0.0772. The fourth-order valence-corrected chi connectivity index (χ4v) is 4.33. The molecule has 0 spiro atoms. The summed E-state index contributed by atoms with van der Waals surface area (Å²) in [5.74, 6) is 0.574. The van der Waals surface area contributed by atoms with Crippen LogP contribution in [-0.2, 0) is 18.5 Å². The van der Waals surface area contributed by atoms with Crippen LogP contribution in [0.4, 0.5) is 0 Å². The van der Waals surface area contributed by atoms with Gasteiger partial charge in [0, 0.05) is 37.1 Å². The van der Waals surface area contributed by atoms with E-state index in [1.165, 1.54) is 6.07 Å². The van der Waals surface area contributed by atoms with E-state index in [1.807, 2.05) is 40.7 Å². The van der Waals surface area contributed by atoms with Gasteiger partial charge in [0.2, 0.25) is 5.56 Å². The Morgan fingerprint density at radius 2 is 1.90 bits per heavy atom. The van der Waals surface area contributed by atoms with Crippen molar-refractivity contribution in [3.63, 3.8) is 0 Å². The number of piperidine rings is 1. The van der Waals surface area contributed by atoms with E-state index in [1.54, 1.807) is 12.1 Å². The molecule has 8 heteroatoms. The van der Waals surface area contributed by atoms with E-state index in [4.69, 9.17) is 4.74 Å². The second-order valence-corrected chi connectivity index (χ2v) is 8.50. The number of nitrogens with one attached hydrogen (secondary N) is 2. The fraction of sp³-hybridized carbons (Fsp3) is 0.348. The molecule has 1 aromatic heterocycles. The maximum atomic E-state index is 12.0. The highest BCUT2D eigenvalue weighted by atomic mass is 32.2. The van der Waals surface area contributed by atoms with E-state index < -0.39 is 6.10 Å². The summed E-state index contributed by atoms with van der Waals surface area (Å²) in [5, 5.41) is 15.0. The second kappa shape index (κ2) is 10.2. The molecule has 4 rings (SSSR count). The highest BCUT2D eigenvalue weighted by molar-refractivity contribution is 7.62. The summed E-state index contributed by atoms with van der Waals surface area (Å²) < 4.78 is 18.8. The molecule has 7 nitrogen and oxygen atoms in total. The normalized spacial score (nSPS) is 16.4. The number of aromatic nitrogens is 1. The molecule has 1 saturated heterocycles. The van der Waals surface area contributed by atoms with Gasteiger partial charge in [-0.15, -0.1) is 0 Å². The van der Waals surface area contributed by atoms with E-state index >= 15 is 0 Å². The molecule has 0 radical (unpaired) electrons. The first-order valence-electron chi connectivity index (χ1n) is 10.5.